The first kappa shape index (κ1) is 10.3. The van der Waals surface area contributed by atoms with Crippen LogP contribution in [0, 0.1) is 0 Å². The lowest BCUT2D eigenvalue weighted by Crippen LogP contribution is -2.24. The molecule has 0 N–H and O–H groups in total. The monoisotopic (exact) mass is 220 g/mol. The van der Waals surface area contributed by atoms with E-state index in [4.69, 9.17) is 14.2 Å². The second kappa shape index (κ2) is 3.55. The van der Waals surface area contributed by atoms with Crippen LogP contribution in [0.15, 0.2) is 30.3 Å². The largest absolute Gasteiger partial charge is 0.370 e. The van der Waals surface area contributed by atoms with Gasteiger partial charge in [0.05, 0.1) is 6.61 Å². The van der Waals surface area contributed by atoms with Crippen LogP contribution in [-0.2, 0) is 14.2 Å². The van der Waals surface area contributed by atoms with Gasteiger partial charge in [-0.25, -0.2) is 0 Å². The lowest BCUT2D eigenvalue weighted by Gasteiger charge is -2.16. The van der Waals surface area contributed by atoms with E-state index >= 15 is 0 Å². The number of hydrogen-bond donors (Lipinski definition) is 0. The second-order valence-corrected chi connectivity index (χ2v) is 4.80. The molecule has 2 aliphatic heterocycles. The van der Waals surface area contributed by atoms with E-state index in [1.807, 2.05) is 32.0 Å². The summed E-state index contributed by atoms with van der Waals surface area (Å²) in [6.07, 6.45) is 0.216. The van der Waals surface area contributed by atoms with Gasteiger partial charge in [-0.1, -0.05) is 30.3 Å². The predicted octanol–water partition coefficient (Wildman–Crippen LogP) is 2.28. The van der Waals surface area contributed by atoms with Crippen molar-refractivity contribution in [2.45, 2.75) is 37.9 Å². The van der Waals surface area contributed by atoms with Gasteiger partial charge in [-0.15, -0.1) is 0 Å². The molecule has 0 unspecified atom stereocenters. The molecule has 0 aromatic heterocycles. The second-order valence-electron chi connectivity index (χ2n) is 4.80. The van der Waals surface area contributed by atoms with Crippen LogP contribution in [0.2, 0.25) is 0 Å². The van der Waals surface area contributed by atoms with Gasteiger partial charge in [0.15, 0.2) is 5.79 Å². The average molecular weight is 220 g/mol. The van der Waals surface area contributed by atoms with E-state index in [0.717, 1.165) is 12.2 Å². The summed E-state index contributed by atoms with van der Waals surface area (Å²) in [5.74, 6) is -0.517. The fourth-order valence-electron chi connectivity index (χ4n) is 2.21. The van der Waals surface area contributed by atoms with E-state index in [-0.39, 0.29) is 18.3 Å². The van der Waals surface area contributed by atoms with Crippen molar-refractivity contribution in [2.24, 2.45) is 0 Å². The van der Waals surface area contributed by atoms with Gasteiger partial charge in [0, 0.05) is 0 Å². The molecule has 0 aliphatic carbocycles. The Morgan fingerprint density at radius 1 is 1.12 bits per heavy atom. The third kappa shape index (κ3) is 1.86. The first-order chi connectivity index (χ1) is 7.66. The lowest BCUT2D eigenvalue weighted by molar-refractivity contribution is -0.148. The van der Waals surface area contributed by atoms with Crippen molar-refractivity contribution in [2.75, 3.05) is 6.61 Å². The summed E-state index contributed by atoms with van der Waals surface area (Å²) in [7, 11) is 0. The molecule has 2 saturated heterocycles. The number of benzene rings is 1. The molecule has 3 rings (SSSR count). The molecule has 0 bridgehead atoms. The normalized spacial score (nSPS) is 36.2. The highest BCUT2D eigenvalue weighted by molar-refractivity contribution is 5.20. The zero-order valence-corrected chi connectivity index (χ0v) is 9.55. The molecule has 3 atom stereocenters. The van der Waals surface area contributed by atoms with Crippen molar-refractivity contribution in [1.82, 2.24) is 0 Å². The zero-order valence-electron chi connectivity index (χ0n) is 9.55. The van der Waals surface area contributed by atoms with Crippen LogP contribution in [0.1, 0.15) is 25.5 Å². The highest BCUT2D eigenvalue weighted by atomic mass is 16.8. The van der Waals surface area contributed by atoms with Gasteiger partial charge in [0.25, 0.3) is 0 Å². The number of epoxide rings is 1. The molecule has 3 nitrogen and oxygen atoms in total. The molecular formula is C13H16O3. The smallest absolute Gasteiger partial charge is 0.164 e. The van der Waals surface area contributed by atoms with Gasteiger partial charge in [0.2, 0.25) is 0 Å². The number of rotatable bonds is 2. The summed E-state index contributed by atoms with van der Waals surface area (Å²) < 4.78 is 17.2. The van der Waals surface area contributed by atoms with Gasteiger partial charge in [-0.05, 0) is 19.4 Å². The molecule has 3 heteroatoms. The zero-order chi connectivity index (χ0) is 11.2. The van der Waals surface area contributed by atoms with E-state index in [9.17, 15) is 0 Å². The molecular weight excluding hydrogens is 204 g/mol. The molecule has 0 amide bonds. The molecule has 0 radical (unpaired) electrons. The predicted molar refractivity (Wildman–Crippen MR) is 59.0 cm³/mol. The Balaban J connectivity index is 1.87. The number of hydrogen-bond acceptors (Lipinski definition) is 3. The van der Waals surface area contributed by atoms with Crippen molar-refractivity contribution >= 4 is 0 Å². The van der Waals surface area contributed by atoms with Gasteiger partial charge in [-0.2, -0.15) is 0 Å². The lowest BCUT2D eigenvalue weighted by atomic mass is 10.0. The summed E-state index contributed by atoms with van der Waals surface area (Å²) in [6, 6.07) is 10.2. The minimum Gasteiger partial charge on any atom is -0.370 e. The van der Waals surface area contributed by atoms with Crippen LogP contribution >= 0.6 is 0 Å². The Labute approximate surface area is 95.3 Å². The molecule has 1 aromatic rings. The fourth-order valence-corrected chi connectivity index (χ4v) is 2.21. The summed E-state index contributed by atoms with van der Waals surface area (Å²) >= 11 is 0. The van der Waals surface area contributed by atoms with Crippen LogP contribution in [0.25, 0.3) is 0 Å². The molecule has 16 heavy (non-hydrogen) atoms. The molecule has 0 saturated carbocycles. The third-order valence-corrected chi connectivity index (χ3v) is 2.98. The molecule has 0 spiro atoms. The van der Waals surface area contributed by atoms with Crippen molar-refractivity contribution in [1.29, 1.82) is 0 Å². The first-order valence-corrected chi connectivity index (χ1v) is 5.68. The maximum absolute atomic E-state index is 5.95. The summed E-state index contributed by atoms with van der Waals surface area (Å²) in [5.41, 5.74) is 1.16. The van der Waals surface area contributed by atoms with Gasteiger partial charge >= 0.3 is 0 Å². The van der Waals surface area contributed by atoms with Crippen molar-refractivity contribution in [3.63, 3.8) is 0 Å². The number of ether oxygens (including phenoxy) is 3. The minimum absolute atomic E-state index is 0.0105. The minimum atomic E-state index is -0.517. The quantitative estimate of drug-likeness (QED) is 0.716. The SMILES string of the molecule is CC1(C)O[C@@H]([C@@H]2CO2)[C@H](c2ccccc2)O1. The average Bonchev–Trinajstić information content (AvgIpc) is 3.04. The molecule has 1 aromatic carbocycles. The van der Waals surface area contributed by atoms with Crippen LogP contribution in [0.4, 0.5) is 0 Å². The Morgan fingerprint density at radius 2 is 1.81 bits per heavy atom. The van der Waals surface area contributed by atoms with Gasteiger partial charge in [-0.3, -0.25) is 0 Å². The molecule has 2 fully saturated rings. The summed E-state index contributed by atoms with van der Waals surface area (Å²) in [6.45, 7) is 4.68. The third-order valence-electron chi connectivity index (χ3n) is 2.98. The Kier molecular flexibility index (Phi) is 2.28. The van der Waals surface area contributed by atoms with Crippen LogP contribution in [0.5, 0.6) is 0 Å². The van der Waals surface area contributed by atoms with E-state index < -0.39 is 5.79 Å². The molecule has 86 valence electrons. The standard InChI is InChI=1S/C13H16O3/c1-13(2)15-11(9-6-4-3-5-7-9)12(16-13)10-8-14-10/h3-7,10-12H,8H2,1-2H3/t10-,11-,12-/m0/s1. The van der Waals surface area contributed by atoms with E-state index in [1.54, 1.807) is 0 Å². The van der Waals surface area contributed by atoms with Crippen molar-refractivity contribution in [3.8, 4) is 0 Å². The van der Waals surface area contributed by atoms with E-state index in [2.05, 4.69) is 12.1 Å². The van der Waals surface area contributed by atoms with Crippen LogP contribution in [0.3, 0.4) is 0 Å². The van der Waals surface area contributed by atoms with Crippen molar-refractivity contribution < 1.29 is 14.2 Å². The fraction of sp³-hybridized carbons (Fsp3) is 0.538. The summed E-state index contributed by atoms with van der Waals surface area (Å²) in [5, 5.41) is 0. The van der Waals surface area contributed by atoms with E-state index in [1.165, 1.54) is 0 Å². The maximum Gasteiger partial charge on any atom is 0.164 e. The van der Waals surface area contributed by atoms with Crippen LogP contribution < -0.4 is 0 Å². The Morgan fingerprint density at radius 3 is 2.44 bits per heavy atom. The maximum atomic E-state index is 5.95. The Hall–Kier alpha value is -0.900. The highest BCUT2D eigenvalue weighted by Gasteiger charge is 2.50. The van der Waals surface area contributed by atoms with E-state index in [0.29, 0.717) is 0 Å². The molecule has 2 aliphatic rings. The topological polar surface area (TPSA) is 31.0 Å². The summed E-state index contributed by atoms with van der Waals surface area (Å²) in [4.78, 5) is 0. The first-order valence-electron chi connectivity index (χ1n) is 5.68. The van der Waals surface area contributed by atoms with Crippen LogP contribution in [-0.4, -0.2) is 24.6 Å². The highest BCUT2D eigenvalue weighted by Crippen LogP contribution is 2.42. The van der Waals surface area contributed by atoms with Gasteiger partial charge in [0.1, 0.15) is 18.3 Å². The van der Waals surface area contributed by atoms with Gasteiger partial charge < -0.3 is 14.2 Å². The molecule has 2 heterocycles. The Bertz CT molecular complexity index is 370. The van der Waals surface area contributed by atoms with Crippen molar-refractivity contribution in [3.05, 3.63) is 35.9 Å².